The molecular formula is C99H103N7O20S. The van der Waals surface area contributed by atoms with E-state index in [9.17, 15) is 19.2 Å². The van der Waals surface area contributed by atoms with E-state index in [1.165, 1.54) is 11.3 Å². The van der Waals surface area contributed by atoms with E-state index < -0.39 is 0 Å². The largest absolute Gasteiger partial charge is 0.497 e. The van der Waals surface area contributed by atoms with Crippen LogP contribution >= 0.6 is 11.3 Å². The topological polar surface area (TPSA) is 268 Å². The predicted octanol–water partition coefficient (Wildman–Crippen LogP) is 16.4. The normalized spacial score (nSPS) is 15.0. The first-order valence-corrected chi connectivity index (χ1v) is 42.0. The van der Waals surface area contributed by atoms with Crippen LogP contribution in [0, 0.1) is 0 Å². The van der Waals surface area contributed by atoms with E-state index in [4.69, 9.17) is 75.8 Å². The number of hydrogen-bond donors (Lipinski definition) is 0. The zero-order valence-electron chi connectivity index (χ0n) is 73.0. The van der Waals surface area contributed by atoms with Gasteiger partial charge in [0.15, 0.2) is 46.0 Å². The summed E-state index contributed by atoms with van der Waals surface area (Å²) in [5, 5.41) is 1.92. The van der Waals surface area contributed by atoms with Gasteiger partial charge >= 0.3 is 0 Å². The van der Waals surface area contributed by atoms with Crippen molar-refractivity contribution in [1.29, 1.82) is 0 Å². The van der Waals surface area contributed by atoms with Crippen LogP contribution in [0.15, 0.2) is 237 Å². The first-order valence-electron chi connectivity index (χ1n) is 41.1. The molecule has 4 aliphatic heterocycles. The van der Waals surface area contributed by atoms with Gasteiger partial charge in [0.1, 0.15) is 78.1 Å². The Morgan fingerprint density at radius 2 is 0.614 bits per heavy atom. The molecular weight excluding hydrogens is 1640 g/mol. The Hall–Kier alpha value is -14.4. The molecule has 0 radical (unpaired) electrons. The van der Waals surface area contributed by atoms with E-state index in [2.05, 4.69) is 15.0 Å². The molecule has 0 aliphatic carbocycles. The minimum absolute atomic E-state index is 0.0127. The number of carbonyl (C=O) groups excluding carboxylic acids is 4. The number of hydrogen-bond acceptors (Lipinski definition) is 24. The highest BCUT2D eigenvalue weighted by molar-refractivity contribution is 7.12. The Bertz CT molecular complexity index is 5210. The third-order valence-corrected chi connectivity index (χ3v) is 23.2. The van der Waals surface area contributed by atoms with Crippen molar-refractivity contribution in [3.8, 4) is 92.0 Å². The maximum Gasteiger partial charge on any atom is 0.273 e. The molecule has 0 bridgehead atoms. The number of carbonyl (C=O) groups is 4. The van der Waals surface area contributed by atoms with E-state index in [0.717, 1.165) is 84.6 Å². The molecule has 4 amide bonds. The van der Waals surface area contributed by atoms with E-state index >= 15 is 0 Å². The maximum absolute atomic E-state index is 13.4. The fraction of sp³-hybridized carbons (Fsp3) is 0.283. The molecule has 0 saturated carbocycles. The van der Waals surface area contributed by atoms with Crippen LogP contribution in [0.25, 0.3) is 0 Å². The summed E-state index contributed by atoms with van der Waals surface area (Å²) in [6, 6.07) is 60.3. The second-order valence-electron chi connectivity index (χ2n) is 29.3. The van der Waals surface area contributed by atoms with Crippen molar-refractivity contribution in [2.75, 3.05) is 138 Å². The van der Waals surface area contributed by atoms with Crippen LogP contribution in [0.2, 0.25) is 0 Å². The van der Waals surface area contributed by atoms with Crippen molar-refractivity contribution >= 4 is 35.0 Å². The lowest BCUT2D eigenvalue weighted by atomic mass is 9.91. The molecule has 8 aromatic carbocycles. The first kappa shape index (κ1) is 90.3. The van der Waals surface area contributed by atoms with Crippen molar-refractivity contribution in [3.05, 3.63) is 303 Å². The summed E-state index contributed by atoms with van der Waals surface area (Å²) in [5.41, 5.74) is 9.99. The number of fused-ring (bicyclic) bond motifs is 4. The minimum atomic E-state index is -0.310. The summed E-state index contributed by atoms with van der Waals surface area (Å²) in [7, 11) is 19.4. The van der Waals surface area contributed by atoms with Crippen molar-refractivity contribution < 1.29 is 95.0 Å². The zero-order chi connectivity index (χ0) is 89.3. The van der Waals surface area contributed by atoms with Crippen LogP contribution in [-0.4, -0.2) is 196 Å². The van der Waals surface area contributed by atoms with Crippen LogP contribution in [0.4, 0.5) is 0 Å². The van der Waals surface area contributed by atoms with Gasteiger partial charge in [-0.25, -0.2) is 0 Å². The lowest BCUT2D eigenvalue weighted by Crippen LogP contribution is -2.42. The van der Waals surface area contributed by atoms with Crippen molar-refractivity contribution in [1.82, 2.24) is 34.6 Å². The molecule has 0 saturated heterocycles. The Balaban J connectivity index is 0.000000145. The molecule has 0 spiro atoms. The van der Waals surface area contributed by atoms with Crippen molar-refractivity contribution in [2.45, 2.75) is 49.9 Å². The van der Waals surface area contributed by atoms with Crippen LogP contribution in [0.3, 0.4) is 0 Å². The first-order chi connectivity index (χ1) is 62.1. The molecule has 28 heteroatoms. The average Bonchev–Trinajstić information content (AvgIpc) is 1.03. The van der Waals surface area contributed by atoms with Crippen LogP contribution in [-0.2, 0) is 25.7 Å². The molecule has 0 N–H and O–H groups in total. The fourth-order valence-corrected chi connectivity index (χ4v) is 16.4. The summed E-state index contributed by atoms with van der Waals surface area (Å²) in [6.45, 7) is 3.49. The number of methoxy groups -OCH3 is 12. The minimum Gasteiger partial charge on any atom is -0.497 e. The van der Waals surface area contributed by atoms with Crippen molar-refractivity contribution in [2.24, 2.45) is 0 Å². The molecule has 127 heavy (non-hydrogen) atoms. The number of pyridine rings is 3. The van der Waals surface area contributed by atoms with Gasteiger partial charge in [-0.3, -0.25) is 34.1 Å². The van der Waals surface area contributed by atoms with Gasteiger partial charge in [0.2, 0.25) is 0 Å². The van der Waals surface area contributed by atoms with E-state index in [0.29, 0.717) is 145 Å². The Labute approximate surface area is 743 Å². The van der Waals surface area contributed by atoms with Gasteiger partial charge < -0.3 is 95.4 Å². The fourth-order valence-electron chi connectivity index (χ4n) is 15.7. The number of rotatable bonds is 28. The highest BCUT2D eigenvalue weighted by atomic mass is 32.1. The zero-order valence-corrected chi connectivity index (χ0v) is 73.8. The number of nitrogens with zero attached hydrogens (tertiary/aromatic N) is 7. The van der Waals surface area contributed by atoms with Crippen molar-refractivity contribution in [3.63, 3.8) is 0 Å². The van der Waals surface area contributed by atoms with E-state index in [1.54, 1.807) is 153 Å². The van der Waals surface area contributed by atoms with Gasteiger partial charge in [-0.15, -0.1) is 11.3 Å². The Morgan fingerprint density at radius 1 is 0.299 bits per heavy atom. The highest BCUT2D eigenvalue weighted by Crippen LogP contribution is 2.45. The molecule has 0 fully saturated rings. The molecule has 660 valence electrons. The third-order valence-electron chi connectivity index (χ3n) is 22.4. The summed E-state index contributed by atoms with van der Waals surface area (Å²) < 4.78 is 89.3. The predicted molar refractivity (Wildman–Crippen MR) is 479 cm³/mol. The Morgan fingerprint density at radius 3 is 0.906 bits per heavy atom. The molecule has 12 aromatic rings. The van der Waals surface area contributed by atoms with Gasteiger partial charge in [0, 0.05) is 62.7 Å². The summed E-state index contributed by atoms with van der Waals surface area (Å²) in [5.74, 6) is 10.8. The molecule has 4 aromatic heterocycles. The smallest absolute Gasteiger partial charge is 0.273 e. The average molecular weight is 1740 g/mol. The van der Waals surface area contributed by atoms with Gasteiger partial charge in [-0.05, 0) is 264 Å². The van der Waals surface area contributed by atoms with E-state index in [1.807, 2.05) is 189 Å². The summed E-state index contributed by atoms with van der Waals surface area (Å²) in [6.07, 6.45) is 11.0. The molecule has 4 unspecified atom stereocenters. The lowest BCUT2D eigenvalue weighted by Gasteiger charge is -2.37. The van der Waals surface area contributed by atoms with Crippen LogP contribution in [0.5, 0.6) is 92.0 Å². The number of aromatic nitrogens is 3. The van der Waals surface area contributed by atoms with Gasteiger partial charge in [0.25, 0.3) is 23.6 Å². The third kappa shape index (κ3) is 21.7. The SMILES string of the molecule is COc1ccc(OCC2c3cc(OC)c(OC)cc3CCN2C(=O)c2ccccn2)cc1.COc1ccc(OCC2c3cc(OC)c(OC)cc3CCN2C(=O)c2cccnc2)cc1.COc1ccc(OCC2c3cc(OC)c(OC)cc3CCN2C(=O)c2cccs2)cc1.COc1ccc(OCC2c3cc(OC)c(OC)cc3CCN2C(=O)c2ccncc2)cc1. The summed E-state index contributed by atoms with van der Waals surface area (Å²) in [4.78, 5) is 73.8. The maximum atomic E-state index is 13.4. The molecule has 27 nitrogen and oxygen atoms in total. The standard InChI is InChI=1S/3C25H26N2O5.C24H25NO5S/c1-29-19-4-6-20(7-5-19)32-16-22-21-15-24(31-3)23(30-2)14-18(21)10-13-27(22)25(28)17-8-11-26-12-9-17;1-29-19-6-8-20(9-7-19)32-16-22-21-14-24(31-3)23(30-2)13-17(21)10-12-27(22)25(28)18-5-4-11-26-15-18;1-29-18-7-9-19(10-8-18)32-16-22-20-15-24(31-3)23(30-2)14-17(20)11-13-27(22)25(28)21-6-4-5-12-26-21;1-27-17-6-8-18(9-7-17)30-15-20-19-14-22(29-3)21(28-2)13-16(19)10-11-25(20)24(26)23-5-4-12-31-23/h4-9,11-12,14-15,22H,10,13,16H2,1-3H3;4-9,11,13-15,22H,10,12,16H2,1-3H3;4-10,12,14-15,22H,11,13,16H2,1-3H3;4-9,12-14,20H,10-11,15H2,1-3H3. The summed E-state index contributed by atoms with van der Waals surface area (Å²) >= 11 is 1.45. The molecule has 16 rings (SSSR count). The van der Waals surface area contributed by atoms with Crippen LogP contribution < -0.4 is 75.8 Å². The molecule has 4 atom stereocenters. The Kier molecular flexibility index (Phi) is 31.1. The van der Waals surface area contributed by atoms with Crippen LogP contribution in [0.1, 0.15) is 110 Å². The second-order valence-corrected chi connectivity index (χ2v) is 30.2. The monoisotopic (exact) mass is 1740 g/mol. The number of benzene rings is 8. The second kappa shape index (κ2) is 43.8. The number of ether oxygens (including phenoxy) is 16. The van der Waals surface area contributed by atoms with E-state index in [-0.39, 0.29) is 54.4 Å². The number of amides is 4. The van der Waals surface area contributed by atoms with Gasteiger partial charge in [-0.1, -0.05) is 12.1 Å². The quantitative estimate of drug-likeness (QED) is 0.0441. The van der Waals surface area contributed by atoms with Gasteiger partial charge in [0.05, 0.1) is 120 Å². The van der Waals surface area contributed by atoms with Gasteiger partial charge in [-0.2, -0.15) is 0 Å². The highest BCUT2D eigenvalue weighted by Gasteiger charge is 2.39. The number of thiophene rings is 1. The molecule has 8 heterocycles. The lowest BCUT2D eigenvalue weighted by molar-refractivity contribution is 0.0579. The molecule has 4 aliphatic rings.